The number of carboxylic acid groups (broad SMARTS) is 1. The van der Waals surface area contributed by atoms with E-state index in [1.54, 1.807) is 0 Å². The molecule has 2 rings (SSSR count). The summed E-state index contributed by atoms with van der Waals surface area (Å²) >= 11 is 3.46. The van der Waals surface area contributed by atoms with Gasteiger partial charge in [-0.15, -0.1) is 0 Å². The molecule has 0 fully saturated rings. The van der Waals surface area contributed by atoms with Crippen molar-refractivity contribution in [2.24, 2.45) is 0 Å². The minimum absolute atomic E-state index is 0.197. The molecule has 20 heavy (non-hydrogen) atoms. The van der Waals surface area contributed by atoms with Crippen molar-refractivity contribution < 1.29 is 14.6 Å². The van der Waals surface area contributed by atoms with Crippen molar-refractivity contribution in [3.63, 3.8) is 0 Å². The largest absolute Gasteiger partial charge is 0.511 e. The molecule has 1 atom stereocenters. The van der Waals surface area contributed by atoms with E-state index in [1.807, 2.05) is 18.2 Å². The van der Waals surface area contributed by atoms with Gasteiger partial charge in [0.15, 0.2) is 0 Å². The van der Waals surface area contributed by atoms with E-state index in [2.05, 4.69) is 40.7 Å². The number of carbonyl (C=O) groups is 1. The number of rotatable bonds is 3. The first-order chi connectivity index (χ1) is 9.51. The molecule has 1 unspecified atom stereocenters. The highest BCUT2D eigenvalue weighted by atomic mass is 79.9. The van der Waals surface area contributed by atoms with Crippen LogP contribution in [-0.4, -0.2) is 23.8 Å². The van der Waals surface area contributed by atoms with Crippen LogP contribution in [0.15, 0.2) is 28.4 Å². The standard InChI is InChI=1S/C15H18BrNO3/c1-3-6-17-10(2)7-13(20-15(18)19)9-11-8-12(16)4-5-14(11)17/h4-5,8-10H,3,6-7H2,1-2H3,(H,18,19). The average Bonchev–Trinajstić information content (AvgIpc) is 2.46. The van der Waals surface area contributed by atoms with Crippen LogP contribution in [0.2, 0.25) is 0 Å². The lowest BCUT2D eigenvalue weighted by atomic mass is 10.1. The zero-order valence-electron chi connectivity index (χ0n) is 11.6. The van der Waals surface area contributed by atoms with Crippen molar-refractivity contribution in [2.45, 2.75) is 32.7 Å². The second-order valence-electron chi connectivity index (χ2n) is 4.93. The highest BCUT2D eigenvalue weighted by molar-refractivity contribution is 9.10. The van der Waals surface area contributed by atoms with Crippen molar-refractivity contribution >= 4 is 33.8 Å². The molecular formula is C15H18BrNO3. The molecule has 108 valence electrons. The van der Waals surface area contributed by atoms with Crippen LogP contribution in [0, 0.1) is 0 Å². The molecule has 0 aromatic heterocycles. The minimum atomic E-state index is -1.26. The van der Waals surface area contributed by atoms with Gasteiger partial charge in [0, 0.05) is 34.7 Å². The van der Waals surface area contributed by atoms with Gasteiger partial charge in [-0.2, -0.15) is 0 Å². The van der Waals surface area contributed by atoms with Gasteiger partial charge >= 0.3 is 6.16 Å². The van der Waals surface area contributed by atoms with Gasteiger partial charge in [0.05, 0.1) is 0 Å². The predicted octanol–water partition coefficient (Wildman–Crippen LogP) is 4.49. The maximum atomic E-state index is 10.8. The summed E-state index contributed by atoms with van der Waals surface area (Å²) in [5.41, 5.74) is 2.10. The first-order valence-electron chi connectivity index (χ1n) is 6.68. The van der Waals surface area contributed by atoms with Crippen LogP contribution in [0.5, 0.6) is 0 Å². The molecule has 1 aliphatic rings. The summed E-state index contributed by atoms with van der Waals surface area (Å²) < 4.78 is 5.87. The molecule has 0 radical (unpaired) electrons. The number of hydrogen-bond acceptors (Lipinski definition) is 3. The van der Waals surface area contributed by atoms with Crippen molar-refractivity contribution in [1.29, 1.82) is 0 Å². The summed E-state index contributed by atoms with van der Waals surface area (Å²) in [5, 5.41) is 8.83. The Kier molecular flexibility index (Phi) is 4.70. The quantitative estimate of drug-likeness (QED) is 0.824. The number of nitrogens with zero attached hydrogens (tertiary/aromatic N) is 1. The zero-order valence-corrected chi connectivity index (χ0v) is 13.2. The highest BCUT2D eigenvalue weighted by Gasteiger charge is 2.23. The number of anilines is 1. The summed E-state index contributed by atoms with van der Waals surface area (Å²) in [4.78, 5) is 13.1. The maximum absolute atomic E-state index is 10.8. The molecular weight excluding hydrogens is 322 g/mol. The molecule has 0 bridgehead atoms. The van der Waals surface area contributed by atoms with Gasteiger partial charge in [0.25, 0.3) is 0 Å². The van der Waals surface area contributed by atoms with Gasteiger partial charge in [-0.25, -0.2) is 4.79 Å². The Balaban J connectivity index is 2.45. The van der Waals surface area contributed by atoms with Gasteiger partial charge in [-0.1, -0.05) is 22.9 Å². The lowest BCUT2D eigenvalue weighted by molar-refractivity contribution is 0.116. The lowest BCUT2D eigenvalue weighted by Crippen LogP contribution is -2.34. The Bertz CT molecular complexity index is 542. The zero-order chi connectivity index (χ0) is 14.7. The summed E-state index contributed by atoms with van der Waals surface area (Å²) in [6.07, 6.45) is 2.18. The number of benzene rings is 1. The summed E-state index contributed by atoms with van der Waals surface area (Å²) in [7, 11) is 0. The molecule has 1 heterocycles. The molecule has 1 aromatic carbocycles. The third kappa shape index (κ3) is 3.33. The molecule has 5 heteroatoms. The predicted molar refractivity (Wildman–Crippen MR) is 82.9 cm³/mol. The molecule has 0 aliphatic carbocycles. The van der Waals surface area contributed by atoms with E-state index >= 15 is 0 Å². The molecule has 0 spiro atoms. The van der Waals surface area contributed by atoms with Gasteiger partial charge in [0.2, 0.25) is 0 Å². The van der Waals surface area contributed by atoms with E-state index in [4.69, 9.17) is 9.84 Å². The van der Waals surface area contributed by atoms with Crippen molar-refractivity contribution in [2.75, 3.05) is 11.4 Å². The Labute approximate surface area is 127 Å². The number of ether oxygens (including phenoxy) is 1. The second kappa shape index (κ2) is 6.31. The van der Waals surface area contributed by atoms with Crippen molar-refractivity contribution in [1.82, 2.24) is 0 Å². The Morgan fingerprint density at radius 2 is 2.30 bits per heavy atom. The van der Waals surface area contributed by atoms with E-state index in [9.17, 15) is 4.79 Å². The summed E-state index contributed by atoms with van der Waals surface area (Å²) in [6.45, 7) is 5.16. The van der Waals surface area contributed by atoms with E-state index in [1.165, 1.54) is 0 Å². The third-order valence-corrected chi connectivity index (χ3v) is 3.82. The first kappa shape index (κ1) is 14.9. The number of fused-ring (bicyclic) bond motifs is 1. The van der Waals surface area contributed by atoms with Crippen LogP contribution >= 0.6 is 15.9 Å². The van der Waals surface area contributed by atoms with E-state index in [-0.39, 0.29) is 6.04 Å². The van der Waals surface area contributed by atoms with Gasteiger partial charge in [0.1, 0.15) is 5.76 Å². The Morgan fingerprint density at radius 3 is 2.95 bits per heavy atom. The molecule has 4 nitrogen and oxygen atoms in total. The molecule has 0 saturated heterocycles. The lowest BCUT2D eigenvalue weighted by Gasteiger charge is -2.30. The van der Waals surface area contributed by atoms with Crippen LogP contribution in [0.1, 0.15) is 32.3 Å². The van der Waals surface area contributed by atoms with Crippen LogP contribution in [0.4, 0.5) is 10.5 Å². The SMILES string of the molecule is CCCN1c2ccc(Br)cc2C=C(OC(=O)O)CC1C. The molecule has 1 aromatic rings. The topological polar surface area (TPSA) is 49.8 Å². The highest BCUT2D eigenvalue weighted by Crippen LogP contribution is 2.33. The van der Waals surface area contributed by atoms with Crippen molar-refractivity contribution in [3.05, 3.63) is 34.0 Å². The Hall–Kier alpha value is -1.49. The maximum Gasteiger partial charge on any atom is 0.511 e. The summed E-state index contributed by atoms with van der Waals surface area (Å²) in [5.74, 6) is 0.489. The van der Waals surface area contributed by atoms with E-state index in [0.717, 1.165) is 28.7 Å². The van der Waals surface area contributed by atoms with Crippen LogP contribution in [0.3, 0.4) is 0 Å². The first-order valence-corrected chi connectivity index (χ1v) is 7.48. The fourth-order valence-electron chi connectivity index (χ4n) is 2.54. The minimum Gasteiger partial charge on any atom is -0.449 e. The third-order valence-electron chi connectivity index (χ3n) is 3.33. The second-order valence-corrected chi connectivity index (χ2v) is 5.84. The van der Waals surface area contributed by atoms with Crippen molar-refractivity contribution in [3.8, 4) is 0 Å². The van der Waals surface area contributed by atoms with Crippen LogP contribution in [-0.2, 0) is 4.74 Å². The summed E-state index contributed by atoms with van der Waals surface area (Å²) in [6, 6.07) is 6.25. The molecule has 0 amide bonds. The Morgan fingerprint density at radius 1 is 1.55 bits per heavy atom. The molecule has 1 aliphatic heterocycles. The van der Waals surface area contributed by atoms with Gasteiger partial charge in [-0.05, 0) is 37.6 Å². The van der Waals surface area contributed by atoms with Crippen LogP contribution < -0.4 is 4.90 Å². The number of halogens is 1. The molecule has 0 saturated carbocycles. The molecule has 1 N–H and O–H groups in total. The fraction of sp³-hybridized carbons (Fsp3) is 0.400. The average molecular weight is 340 g/mol. The van der Waals surface area contributed by atoms with E-state index in [0.29, 0.717) is 12.2 Å². The van der Waals surface area contributed by atoms with Gasteiger partial charge in [-0.3, -0.25) is 0 Å². The fourth-order valence-corrected chi connectivity index (χ4v) is 2.92. The normalized spacial score (nSPS) is 18.1. The van der Waals surface area contributed by atoms with E-state index < -0.39 is 6.16 Å². The van der Waals surface area contributed by atoms with Crippen LogP contribution in [0.25, 0.3) is 6.08 Å². The number of hydrogen-bond donors (Lipinski definition) is 1. The smallest absolute Gasteiger partial charge is 0.449 e. The monoisotopic (exact) mass is 339 g/mol. The van der Waals surface area contributed by atoms with Gasteiger partial charge < -0.3 is 14.7 Å².